The van der Waals surface area contributed by atoms with Crippen LogP contribution in [0.4, 0.5) is 0 Å². The Morgan fingerprint density at radius 3 is 2.94 bits per heavy atom. The van der Waals surface area contributed by atoms with E-state index >= 15 is 0 Å². The molecule has 4 atom stereocenters. The summed E-state index contributed by atoms with van der Waals surface area (Å²) < 4.78 is 5.06. The highest BCUT2D eigenvalue weighted by Gasteiger charge is 2.30. The van der Waals surface area contributed by atoms with Crippen molar-refractivity contribution in [2.24, 2.45) is 5.73 Å². The SMILES string of the molecule is CC1SCC(c2noc([C@H](N)CO)n2)SC1C. The normalized spacial score (nSPS) is 31.4. The lowest BCUT2D eigenvalue weighted by Gasteiger charge is -2.29. The molecule has 1 fully saturated rings. The first-order chi connectivity index (χ1) is 8.11. The van der Waals surface area contributed by atoms with Gasteiger partial charge < -0.3 is 15.4 Å². The number of nitrogens with two attached hydrogens (primary N) is 1. The van der Waals surface area contributed by atoms with Gasteiger partial charge in [0.25, 0.3) is 0 Å². The molecule has 1 saturated heterocycles. The van der Waals surface area contributed by atoms with E-state index < -0.39 is 6.04 Å². The quantitative estimate of drug-likeness (QED) is 0.861. The first-order valence-corrected chi connectivity index (χ1v) is 7.58. The fourth-order valence-corrected chi connectivity index (χ4v) is 4.36. The van der Waals surface area contributed by atoms with Crippen molar-refractivity contribution in [1.29, 1.82) is 0 Å². The highest BCUT2D eigenvalue weighted by molar-refractivity contribution is 8.07. The Hall–Kier alpha value is -0.240. The largest absolute Gasteiger partial charge is 0.394 e. The van der Waals surface area contributed by atoms with Crippen LogP contribution in [0, 0.1) is 0 Å². The number of rotatable bonds is 3. The topological polar surface area (TPSA) is 85.2 Å². The number of aromatic nitrogens is 2. The molecule has 1 aromatic heterocycles. The van der Waals surface area contributed by atoms with Crippen molar-refractivity contribution in [2.45, 2.75) is 35.6 Å². The van der Waals surface area contributed by atoms with Gasteiger partial charge in [-0.2, -0.15) is 16.7 Å². The summed E-state index contributed by atoms with van der Waals surface area (Å²) in [6.07, 6.45) is 0. The molecule has 3 N–H and O–H groups in total. The summed E-state index contributed by atoms with van der Waals surface area (Å²) >= 11 is 3.80. The first-order valence-electron chi connectivity index (χ1n) is 5.58. The van der Waals surface area contributed by atoms with Crippen LogP contribution in [-0.4, -0.2) is 38.1 Å². The van der Waals surface area contributed by atoms with Crippen molar-refractivity contribution < 1.29 is 9.63 Å². The Kier molecular flexibility index (Phi) is 4.35. The van der Waals surface area contributed by atoms with Crippen molar-refractivity contribution in [3.05, 3.63) is 11.7 Å². The van der Waals surface area contributed by atoms with E-state index in [0.717, 1.165) is 5.75 Å². The van der Waals surface area contributed by atoms with E-state index in [9.17, 15) is 0 Å². The maximum absolute atomic E-state index is 8.92. The molecule has 7 heteroatoms. The molecule has 5 nitrogen and oxygen atoms in total. The summed E-state index contributed by atoms with van der Waals surface area (Å²) in [6.45, 7) is 4.28. The predicted octanol–water partition coefficient (Wildman–Crippen LogP) is 1.36. The zero-order valence-corrected chi connectivity index (χ0v) is 11.5. The van der Waals surface area contributed by atoms with Crippen LogP contribution in [-0.2, 0) is 0 Å². The second-order valence-electron chi connectivity index (χ2n) is 4.15. The number of aliphatic hydroxyl groups excluding tert-OH is 1. The Morgan fingerprint density at radius 2 is 2.29 bits per heavy atom. The monoisotopic (exact) mass is 275 g/mol. The van der Waals surface area contributed by atoms with E-state index in [1.165, 1.54) is 0 Å². The lowest BCUT2D eigenvalue weighted by Crippen LogP contribution is -2.22. The Balaban J connectivity index is 2.05. The third kappa shape index (κ3) is 2.96. The van der Waals surface area contributed by atoms with Crippen molar-refractivity contribution in [1.82, 2.24) is 10.1 Å². The van der Waals surface area contributed by atoms with Gasteiger partial charge in [0.15, 0.2) is 5.82 Å². The summed E-state index contributed by atoms with van der Waals surface area (Å²) in [5.41, 5.74) is 5.63. The van der Waals surface area contributed by atoms with Crippen LogP contribution in [0.2, 0.25) is 0 Å². The second kappa shape index (κ2) is 5.60. The summed E-state index contributed by atoms with van der Waals surface area (Å²) in [5, 5.41) is 14.4. The van der Waals surface area contributed by atoms with E-state index in [2.05, 4.69) is 24.0 Å². The van der Waals surface area contributed by atoms with Gasteiger partial charge in [-0.3, -0.25) is 0 Å². The number of hydrogen-bond donors (Lipinski definition) is 2. The van der Waals surface area contributed by atoms with Crippen LogP contribution in [0.3, 0.4) is 0 Å². The van der Waals surface area contributed by atoms with Crippen LogP contribution in [0.1, 0.15) is 36.9 Å². The maximum Gasteiger partial charge on any atom is 0.245 e. The smallest absolute Gasteiger partial charge is 0.245 e. The number of hydrogen-bond acceptors (Lipinski definition) is 7. The molecular weight excluding hydrogens is 258 g/mol. The molecule has 1 aliphatic rings. The summed E-state index contributed by atoms with van der Waals surface area (Å²) in [6, 6.07) is -0.575. The van der Waals surface area contributed by atoms with Gasteiger partial charge in [-0.15, -0.1) is 11.8 Å². The fourth-order valence-electron chi connectivity index (χ4n) is 1.53. The molecule has 1 aromatic rings. The molecule has 0 saturated carbocycles. The average molecular weight is 275 g/mol. The van der Waals surface area contributed by atoms with Gasteiger partial charge in [-0.1, -0.05) is 19.0 Å². The number of thioether (sulfide) groups is 2. The zero-order chi connectivity index (χ0) is 12.4. The summed E-state index contributed by atoms with van der Waals surface area (Å²) in [5.74, 6) is 2.00. The van der Waals surface area contributed by atoms with Gasteiger partial charge in [0.2, 0.25) is 5.89 Å². The molecule has 3 unspecified atom stereocenters. The van der Waals surface area contributed by atoms with Gasteiger partial charge in [0.1, 0.15) is 6.04 Å². The lowest BCUT2D eigenvalue weighted by atomic mass is 10.3. The number of nitrogens with zero attached hydrogens (tertiary/aromatic N) is 2. The molecule has 1 aliphatic heterocycles. The minimum absolute atomic E-state index is 0.179. The van der Waals surface area contributed by atoms with Crippen molar-refractivity contribution in [2.75, 3.05) is 12.4 Å². The predicted molar refractivity (Wildman–Crippen MR) is 70.0 cm³/mol. The minimum atomic E-state index is -0.575. The standard InChI is InChI=1S/C10H17N3O2S2/c1-5-6(2)17-8(4-16-5)9-12-10(15-13-9)7(11)3-14/h5-8,14H,3-4,11H2,1-2H3/t5?,6?,7-,8?/m1/s1. The van der Waals surface area contributed by atoms with E-state index in [1.807, 2.05) is 23.5 Å². The van der Waals surface area contributed by atoms with Crippen LogP contribution < -0.4 is 5.73 Å². The van der Waals surface area contributed by atoms with E-state index in [-0.39, 0.29) is 11.9 Å². The Labute approximate surface area is 109 Å². The van der Waals surface area contributed by atoms with E-state index in [1.54, 1.807) is 0 Å². The molecule has 0 aromatic carbocycles. The Morgan fingerprint density at radius 1 is 1.53 bits per heavy atom. The molecule has 96 valence electrons. The molecule has 0 aliphatic carbocycles. The molecule has 0 bridgehead atoms. The lowest BCUT2D eigenvalue weighted by molar-refractivity contribution is 0.236. The highest BCUT2D eigenvalue weighted by Crippen LogP contribution is 2.43. The summed E-state index contributed by atoms with van der Waals surface area (Å²) in [7, 11) is 0. The average Bonchev–Trinajstić information content (AvgIpc) is 2.81. The van der Waals surface area contributed by atoms with Crippen LogP contribution in [0.25, 0.3) is 0 Å². The van der Waals surface area contributed by atoms with E-state index in [0.29, 0.717) is 22.2 Å². The van der Waals surface area contributed by atoms with Gasteiger partial charge in [0, 0.05) is 16.3 Å². The van der Waals surface area contributed by atoms with Gasteiger partial charge >= 0.3 is 0 Å². The first kappa shape index (κ1) is 13.2. The third-order valence-corrected chi connectivity index (χ3v) is 6.20. The fraction of sp³-hybridized carbons (Fsp3) is 0.800. The third-order valence-electron chi connectivity index (χ3n) is 2.81. The molecular formula is C10H17N3O2S2. The maximum atomic E-state index is 8.92. The van der Waals surface area contributed by atoms with Crippen LogP contribution >= 0.6 is 23.5 Å². The molecule has 17 heavy (non-hydrogen) atoms. The van der Waals surface area contributed by atoms with Gasteiger partial charge in [0.05, 0.1) is 11.9 Å². The van der Waals surface area contributed by atoms with Crippen LogP contribution in [0.15, 0.2) is 4.52 Å². The highest BCUT2D eigenvalue weighted by atomic mass is 32.2. The van der Waals surface area contributed by atoms with Crippen molar-refractivity contribution >= 4 is 23.5 Å². The van der Waals surface area contributed by atoms with Crippen LogP contribution in [0.5, 0.6) is 0 Å². The molecule has 0 radical (unpaired) electrons. The van der Waals surface area contributed by atoms with Crippen molar-refractivity contribution in [3.63, 3.8) is 0 Å². The summed E-state index contributed by atoms with van der Waals surface area (Å²) in [4.78, 5) is 4.27. The van der Waals surface area contributed by atoms with Crippen molar-refractivity contribution in [3.8, 4) is 0 Å². The Bertz CT molecular complexity index is 374. The molecule has 0 amide bonds. The molecule has 2 heterocycles. The number of aliphatic hydroxyl groups is 1. The van der Waals surface area contributed by atoms with E-state index in [4.69, 9.17) is 15.4 Å². The molecule has 0 spiro atoms. The minimum Gasteiger partial charge on any atom is -0.394 e. The molecule has 2 rings (SSSR count). The zero-order valence-electron chi connectivity index (χ0n) is 9.87. The second-order valence-corrected chi connectivity index (χ2v) is 7.14. The van der Waals surface area contributed by atoms with Gasteiger partial charge in [-0.25, -0.2) is 0 Å². The van der Waals surface area contributed by atoms with Gasteiger partial charge in [-0.05, 0) is 0 Å².